The number of piperazine rings is 1. The lowest BCUT2D eigenvalue weighted by atomic mass is 9.96. The predicted molar refractivity (Wildman–Crippen MR) is 126 cm³/mol. The van der Waals surface area contributed by atoms with E-state index in [9.17, 15) is 4.79 Å². The minimum absolute atomic E-state index is 0. The third kappa shape index (κ3) is 7.03. The van der Waals surface area contributed by atoms with Crippen LogP contribution < -0.4 is 20.3 Å². The summed E-state index contributed by atoms with van der Waals surface area (Å²) in [5.41, 5.74) is 0.850. The number of aliphatic imine (C=N–C) groups is 1. The van der Waals surface area contributed by atoms with Crippen molar-refractivity contribution in [1.82, 2.24) is 15.5 Å². The van der Waals surface area contributed by atoms with Gasteiger partial charge in [0, 0.05) is 57.4 Å². The van der Waals surface area contributed by atoms with Crippen LogP contribution in [0.5, 0.6) is 5.75 Å². The molecule has 1 aromatic carbocycles. The molecule has 0 atom stereocenters. The fraction of sp³-hybridized carbons (Fsp3) is 0.600. The summed E-state index contributed by atoms with van der Waals surface area (Å²) >= 11 is 0. The van der Waals surface area contributed by atoms with Crippen molar-refractivity contribution < 1.29 is 9.53 Å². The van der Waals surface area contributed by atoms with Gasteiger partial charge in [0.2, 0.25) is 5.91 Å². The maximum Gasteiger partial charge on any atom is 0.225 e. The van der Waals surface area contributed by atoms with Crippen molar-refractivity contribution >= 4 is 41.5 Å². The smallest absolute Gasteiger partial charge is 0.225 e. The molecule has 7 nitrogen and oxygen atoms in total. The quantitative estimate of drug-likeness (QED) is 0.279. The lowest BCUT2D eigenvalue weighted by Crippen LogP contribution is -2.53. The van der Waals surface area contributed by atoms with Gasteiger partial charge in [-0.15, -0.1) is 24.0 Å². The second kappa shape index (κ2) is 11.3. The van der Waals surface area contributed by atoms with Crippen molar-refractivity contribution in [2.75, 3.05) is 58.3 Å². The van der Waals surface area contributed by atoms with Gasteiger partial charge in [0.15, 0.2) is 5.96 Å². The molecule has 1 aliphatic rings. The second-order valence-corrected chi connectivity index (χ2v) is 7.65. The van der Waals surface area contributed by atoms with Gasteiger partial charge in [0.1, 0.15) is 5.75 Å². The van der Waals surface area contributed by atoms with E-state index in [0.29, 0.717) is 13.1 Å². The largest absolute Gasteiger partial charge is 0.497 e. The Morgan fingerprint density at radius 3 is 2.14 bits per heavy atom. The fourth-order valence-corrected chi connectivity index (χ4v) is 2.92. The van der Waals surface area contributed by atoms with Crippen LogP contribution >= 0.6 is 24.0 Å². The van der Waals surface area contributed by atoms with Crippen molar-refractivity contribution in [3.05, 3.63) is 24.3 Å². The summed E-state index contributed by atoms with van der Waals surface area (Å²) < 4.78 is 5.22. The number of amides is 1. The molecule has 1 heterocycles. The number of rotatable bonds is 5. The summed E-state index contributed by atoms with van der Waals surface area (Å²) in [6, 6.07) is 8.18. The zero-order valence-electron chi connectivity index (χ0n) is 17.6. The molecule has 0 saturated carbocycles. The minimum atomic E-state index is -0.362. The molecule has 1 aromatic rings. The first-order chi connectivity index (χ1) is 12.8. The topological polar surface area (TPSA) is 69.2 Å². The molecule has 1 fully saturated rings. The van der Waals surface area contributed by atoms with Gasteiger partial charge in [0.25, 0.3) is 0 Å². The number of carbonyl (C=O) groups excluding carboxylic acids is 1. The number of carbonyl (C=O) groups is 1. The maximum atomic E-state index is 11.9. The average molecular weight is 503 g/mol. The van der Waals surface area contributed by atoms with Gasteiger partial charge >= 0.3 is 0 Å². The highest BCUT2D eigenvalue weighted by atomic mass is 127. The van der Waals surface area contributed by atoms with Crippen molar-refractivity contribution in [2.24, 2.45) is 10.4 Å². The third-order valence-corrected chi connectivity index (χ3v) is 4.60. The molecular formula is C20H34IN5O2. The molecule has 1 aliphatic heterocycles. The third-order valence-electron chi connectivity index (χ3n) is 4.60. The molecule has 0 radical (unpaired) electrons. The van der Waals surface area contributed by atoms with Crippen LogP contribution in [0.15, 0.2) is 29.3 Å². The van der Waals surface area contributed by atoms with E-state index in [4.69, 9.17) is 4.74 Å². The highest BCUT2D eigenvalue weighted by Gasteiger charge is 2.21. The number of hydrogen-bond donors (Lipinski definition) is 2. The Bertz CT molecular complexity index is 635. The Morgan fingerprint density at radius 2 is 1.64 bits per heavy atom. The average Bonchev–Trinajstić information content (AvgIpc) is 2.67. The van der Waals surface area contributed by atoms with E-state index in [1.807, 2.05) is 32.9 Å². The number of halogens is 1. The number of benzene rings is 1. The van der Waals surface area contributed by atoms with Crippen LogP contribution in [0.2, 0.25) is 0 Å². The summed E-state index contributed by atoms with van der Waals surface area (Å²) in [4.78, 5) is 20.9. The van der Waals surface area contributed by atoms with Gasteiger partial charge in [0.05, 0.1) is 7.11 Å². The van der Waals surface area contributed by atoms with Crippen LogP contribution in [0.25, 0.3) is 0 Å². The number of anilines is 1. The fourth-order valence-electron chi connectivity index (χ4n) is 2.92. The minimum Gasteiger partial charge on any atom is -0.497 e. The van der Waals surface area contributed by atoms with E-state index < -0.39 is 0 Å². The summed E-state index contributed by atoms with van der Waals surface area (Å²) in [7, 11) is 3.48. The van der Waals surface area contributed by atoms with Crippen LogP contribution in [-0.4, -0.2) is 70.2 Å². The van der Waals surface area contributed by atoms with E-state index >= 15 is 0 Å². The van der Waals surface area contributed by atoms with Gasteiger partial charge in [-0.2, -0.15) is 0 Å². The number of hydrogen-bond acceptors (Lipinski definition) is 4. The monoisotopic (exact) mass is 503 g/mol. The standard InChI is InChI=1S/C20H33N5O2.HI/c1-20(2,3)18(26)22-10-11-23-19(21-4)25-14-12-24(13-15-25)16-6-8-17(27-5)9-7-16;/h6-9H,10-15H2,1-5H3,(H,21,23)(H,22,26);1H. The number of nitrogens with one attached hydrogen (secondary N) is 2. The summed E-state index contributed by atoms with van der Waals surface area (Å²) in [5.74, 6) is 1.82. The van der Waals surface area contributed by atoms with E-state index in [1.54, 1.807) is 14.2 Å². The molecule has 158 valence electrons. The van der Waals surface area contributed by atoms with Crippen LogP contribution in [0.4, 0.5) is 5.69 Å². The molecule has 1 saturated heterocycles. The van der Waals surface area contributed by atoms with E-state index in [-0.39, 0.29) is 35.3 Å². The SMILES string of the molecule is CN=C(NCCNC(=O)C(C)(C)C)N1CCN(c2ccc(OC)cc2)CC1.I. The van der Waals surface area contributed by atoms with Crippen molar-refractivity contribution in [3.8, 4) is 5.75 Å². The normalized spacial score (nSPS) is 15.0. The molecule has 28 heavy (non-hydrogen) atoms. The first-order valence-corrected chi connectivity index (χ1v) is 9.48. The molecule has 2 N–H and O–H groups in total. The zero-order chi connectivity index (χ0) is 19.9. The van der Waals surface area contributed by atoms with Crippen molar-refractivity contribution in [3.63, 3.8) is 0 Å². The lowest BCUT2D eigenvalue weighted by Gasteiger charge is -2.37. The second-order valence-electron chi connectivity index (χ2n) is 7.65. The molecule has 8 heteroatoms. The summed E-state index contributed by atoms with van der Waals surface area (Å²) in [6.07, 6.45) is 0. The summed E-state index contributed by atoms with van der Waals surface area (Å²) in [6.45, 7) is 10.7. The molecule has 2 rings (SSSR count). The van der Waals surface area contributed by atoms with Gasteiger partial charge in [-0.1, -0.05) is 20.8 Å². The van der Waals surface area contributed by atoms with E-state index in [2.05, 4.69) is 37.6 Å². The highest BCUT2D eigenvalue weighted by molar-refractivity contribution is 14.0. The Kier molecular flexibility index (Phi) is 9.84. The highest BCUT2D eigenvalue weighted by Crippen LogP contribution is 2.20. The Morgan fingerprint density at radius 1 is 1.07 bits per heavy atom. The first kappa shape index (κ1) is 24.3. The van der Waals surface area contributed by atoms with Crippen molar-refractivity contribution in [1.29, 1.82) is 0 Å². The van der Waals surface area contributed by atoms with Gasteiger partial charge in [-0.25, -0.2) is 0 Å². The lowest BCUT2D eigenvalue weighted by molar-refractivity contribution is -0.128. The molecular weight excluding hydrogens is 469 g/mol. The zero-order valence-corrected chi connectivity index (χ0v) is 19.9. The van der Waals surface area contributed by atoms with Gasteiger partial charge < -0.3 is 25.2 Å². The van der Waals surface area contributed by atoms with Gasteiger partial charge in [-0.05, 0) is 24.3 Å². The molecule has 0 aromatic heterocycles. The molecule has 0 unspecified atom stereocenters. The van der Waals surface area contributed by atoms with E-state index in [0.717, 1.165) is 37.9 Å². The first-order valence-electron chi connectivity index (χ1n) is 9.48. The van der Waals surface area contributed by atoms with E-state index in [1.165, 1.54) is 5.69 Å². The number of guanidine groups is 1. The summed E-state index contributed by atoms with van der Waals surface area (Å²) in [5, 5.41) is 6.29. The van der Waals surface area contributed by atoms with Crippen molar-refractivity contribution in [2.45, 2.75) is 20.8 Å². The molecule has 1 amide bonds. The van der Waals surface area contributed by atoms with Crippen LogP contribution in [-0.2, 0) is 4.79 Å². The molecule has 0 spiro atoms. The number of methoxy groups -OCH3 is 1. The Labute approximate surface area is 185 Å². The number of nitrogens with zero attached hydrogens (tertiary/aromatic N) is 3. The van der Waals surface area contributed by atoms with Crippen LogP contribution in [0.3, 0.4) is 0 Å². The Balaban J connectivity index is 0.00000392. The van der Waals surface area contributed by atoms with Crippen LogP contribution in [0, 0.1) is 5.41 Å². The predicted octanol–water partition coefficient (Wildman–Crippen LogP) is 2.17. The molecule has 0 bridgehead atoms. The Hall–Kier alpha value is -1.71. The van der Waals surface area contributed by atoms with Crippen LogP contribution in [0.1, 0.15) is 20.8 Å². The van der Waals surface area contributed by atoms with Gasteiger partial charge in [-0.3, -0.25) is 9.79 Å². The number of ether oxygens (including phenoxy) is 1. The maximum absolute atomic E-state index is 11.9. The molecule has 0 aliphatic carbocycles.